The van der Waals surface area contributed by atoms with Crippen LogP contribution in [0.4, 0.5) is 0 Å². The Morgan fingerprint density at radius 1 is 1.33 bits per heavy atom. The van der Waals surface area contributed by atoms with Crippen LogP contribution in [0.15, 0.2) is 34.4 Å². The van der Waals surface area contributed by atoms with Crippen molar-refractivity contribution in [3.63, 3.8) is 0 Å². The first-order valence-electron chi connectivity index (χ1n) is 6.68. The SMILES string of the molecule is Cc1csc(=O)n1CCOc1ccc(C#CCCO)cc1. The molecule has 0 unspecified atom stereocenters. The van der Waals surface area contributed by atoms with Crippen molar-refractivity contribution in [2.45, 2.75) is 19.9 Å². The highest BCUT2D eigenvalue weighted by Crippen LogP contribution is 2.11. The van der Waals surface area contributed by atoms with Crippen LogP contribution in [0.5, 0.6) is 5.75 Å². The lowest BCUT2D eigenvalue weighted by molar-refractivity contribution is 0.296. The summed E-state index contributed by atoms with van der Waals surface area (Å²) in [6.45, 7) is 2.99. The van der Waals surface area contributed by atoms with Gasteiger partial charge in [-0.2, -0.15) is 0 Å². The van der Waals surface area contributed by atoms with E-state index in [-0.39, 0.29) is 11.5 Å². The molecule has 0 atom stereocenters. The predicted octanol–water partition coefficient (Wildman–Crippen LogP) is 2.03. The summed E-state index contributed by atoms with van der Waals surface area (Å²) in [5.74, 6) is 6.58. The van der Waals surface area contributed by atoms with Crippen molar-refractivity contribution in [3.05, 3.63) is 50.6 Å². The quantitative estimate of drug-likeness (QED) is 0.860. The predicted molar refractivity (Wildman–Crippen MR) is 83.8 cm³/mol. The molecule has 2 aromatic rings. The van der Waals surface area contributed by atoms with E-state index in [1.165, 1.54) is 11.3 Å². The van der Waals surface area contributed by atoms with E-state index in [0.717, 1.165) is 17.0 Å². The van der Waals surface area contributed by atoms with Gasteiger partial charge >= 0.3 is 4.87 Å². The van der Waals surface area contributed by atoms with Crippen LogP contribution in [0.1, 0.15) is 17.7 Å². The van der Waals surface area contributed by atoms with E-state index >= 15 is 0 Å². The molecular weight excluding hydrogens is 286 g/mol. The number of hydrogen-bond donors (Lipinski definition) is 1. The Labute approximate surface area is 127 Å². The molecule has 4 nitrogen and oxygen atoms in total. The van der Waals surface area contributed by atoms with Crippen LogP contribution in [-0.2, 0) is 6.54 Å². The lowest BCUT2D eigenvalue weighted by Crippen LogP contribution is -2.18. The molecule has 21 heavy (non-hydrogen) atoms. The van der Waals surface area contributed by atoms with Gasteiger partial charge < -0.3 is 9.84 Å². The molecule has 5 heteroatoms. The minimum absolute atomic E-state index is 0.0469. The van der Waals surface area contributed by atoms with Crippen LogP contribution in [0.3, 0.4) is 0 Å². The molecular formula is C16H17NO3S. The van der Waals surface area contributed by atoms with Gasteiger partial charge in [0.05, 0.1) is 13.2 Å². The summed E-state index contributed by atoms with van der Waals surface area (Å²) < 4.78 is 7.33. The van der Waals surface area contributed by atoms with Gasteiger partial charge in [-0.3, -0.25) is 9.36 Å². The third-order valence-corrected chi connectivity index (χ3v) is 3.76. The molecule has 1 aromatic heterocycles. The zero-order valence-electron chi connectivity index (χ0n) is 11.8. The summed E-state index contributed by atoms with van der Waals surface area (Å²) in [7, 11) is 0. The van der Waals surface area contributed by atoms with Gasteiger partial charge in [-0.25, -0.2) is 0 Å². The standard InChI is InChI=1S/C16H17NO3S/c1-13-12-21-16(19)17(13)9-11-20-15-7-5-14(6-8-15)4-2-3-10-18/h5-8,12,18H,3,9-11H2,1H3. The number of thiazole rings is 1. The second-order valence-corrected chi connectivity index (χ2v) is 5.26. The Hall–Kier alpha value is -2.03. The third-order valence-electron chi connectivity index (χ3n) is 2.88. The molecule has 0 saturated heterocycles. The van der Waals surface area contributed by atoms with Crippen molar-refractivity contribution in [2.75, 3.05) is 13.2 Å². The number of aliphatic hydroxyl groups excluding tert-OH is 1. The number of benzene rings is 1. The van der Waals surface area contributed by atoms with Gasteiger partial charge in [-0.1, -0.05) is 23.2 Å². The number of hydrogen-bond acceptors (Lipinski definition) is 4. The zero-order chi connectivity index (χ0) is 15.1. The van der Waals surface area contributed by atoms with Gasteiger partial charge in [-0.15, -0.1) is 0 Å². The maximum absolute atomic E-state index is 11.5. The van der Waals surface area contributed by atoms with Crippen LogP contribution in [-0.4, -0.2) is 22.9 Å². The van der Waals surface area contributed by atoms with E-state index < -0.39 is 0 Å². The maximum Gasteiger partial charge on any atom is 0.307 e. The fourth-order valence-electron chi connectivity index (χ4n) is 1.78. The molecule has 0 fully saturated rings. The van der Waals surface area contributed by atoms with E-state index in [9.17, 15) is 4.79 Å². The lowest BCUT2D eigenvalue weighted by atomic mass is 10.2. The highest BCUT2D eigenvalue weighted by atomic mass is 32.1. The maximum atomic E-state index is 11.5. The van der Waals surface area contributed by atoms with E-state index in [0.29, 0.717) is 19.6 Å². The smallest absolute Gasteiger partial charge is 0.307 e. The summed E-state index contributed by atoms with van der Waals surface area (Å²) in [5, 5.41) is 10.5. The summed E-state index contributed by atoms with van der Waals surface area (Å²) in [5.41, 5.74) is 1.85. The molecule has 110 valence electrons. The second kappa shape index (κ2) is 7.67. The van der Waals surface area contributed by atoms with E-state index in [1.54, 1.807) is 4.57 Å². The topological polar surface area (TPSA) is 51.5 Å². The van der Waals surface area contributed by atoms with Crippen molar-refractivity contribution >= 4 is 11.3 Å². The van der Waals surface area contributed by atoms with Crippen LogP contribution in [0.25, 0.3) is 0 Å². The van der Waals surface area contributed by atoms with Crippen LogP contribution in [0.2, 0.25) is 0 Å². The summed E-state index contributed by atoms with van der Waals surface area (Å²) in [6, 6.07) is 7.46. The van der Waals surface area contributed by atoms with E-state index in [4.69, 9.17) is 9.84 Å². The average Bonchev–Trinajstić information content (AvgIpc) is 2.81. The molecule has 0 spiro atoms. The van der Waals surface area contributed by atoms with Crippen molar-refractivity contribution in [1.82, 2.24) is 4.57 Å². The van der Waals surface area contributed by atoms with Gasteiger partial charge in [0.1, 0.15) is 12.4 Å². The third kappa shape index (κ3) is 4.48. The number of aromatic nitrogens is 1. The number of ether oxygens (including phenoxy) is 1. The Morgan fingerprint density at radius 3 is 2.71 bits per heavy atom. The highest BCUT2D eigenvalue weighted by Gasteiger charge is 2.02. The van der Waals surface area contributed by atoms with E-state index in [1.807, 2.05) is 36.6 Å². The average molecular weight is 303 g/mol. The van der Waals surface area contributed by atoms with Crippen LogP contribution >= 0.6 is 11.3 Å². The van der Waals surface area contributed by atoms with Crippen molar-refractivity contribution in [1.29, 1.82) is 0 Å². The molecule has 2 rings (SSSR count). The van der Waals surface area contributed by atoms with Gasteiger partial charge in [0.15, 0.2) is 0 Å². The molecule has 0 saturated carbocycles. The van der Waals surface area contributed by atoms with Crippen LogP contribution < -0.4 is 9.61 Å². The second-order valence-electron chi connectivity index (χ2n) is 4.44. The summed E-state index contributed by atoms with van der Waals surface area (Å²) in [4.78, 5) is 11.6. The monoisotopic (exact) mass is 303 g/mol. The van der Waals surface area contributed by atoms with Crippen molar-refractivity contribution in [3.8, 4) is 17.6 Å². The molecule has 0 aliphatic heterocycles. The highest BCUT2D eigenvalue weighted by molar-refractivity contribution is 7.07. The van der Waals surface area contributed by atoms with Gasteiger partial charge in [0.25, 0.3) is 0 Å². The number of aliphatic hydroxyl groups is 1. The first-order valence-corrected chi connectivity index (χ1v) is 7.56. The molecule has 0 amide bonds. The molecule has 1 aromatic carbocycles. The first-order chi connectivity index (χ1) is 10.2. The zero-order valence-corrected chi connectivity index (χ0v) is 12.7. The van der Waals surface area contributed by atoms with Gasteiger partial charge in [0, 0.05) is 23.1 Å². The Kier molecular flexibility index (Phi) is 5.61. The normalized spacial score (nSPS) is 10.0. The number of rotatable bonds is 5. The summed E-state index contributed by atoms with van der Waals surface area (Å²) in [6.07, 6.45) is 0.479. The Morgan fingerprint density at radius 2 is 2.10 bits per heavy atom. The Bertz CT molecular complexity index is 689. The molecule has 0 aliphatic rings. The molecule has 0 radical (unpaired) electrons. The minimum Gasteiger partial charge on any atom is -0.492 e. The van der Waals surface area contributed by atoms with Crippen molar-refractivity contribution in [2.24, 2.45) is 0 Å². The van der Waals surface area contributed by atoms with Crippen molar-refractivity contribution < 1.29 is 9.84 Å². The molecule has 0 aliphatic carbocycles. The molecule has 0 bridgehead atoms. The first kappa shape index (κ1) is 15.4. The van der Waals surface area contributed by atoms with E-state index in [2.05, 4.69) is 11.8 Å². The Balaban J connectivity index is 1.87. The molecule has 1 heterocycles. The largest absolute Gasteiger partial charge is 0.492 e. The fourth-order valence-corrected chi connectivity index (χ4v) is 2.55. The van der Waals surface area contributed by atoms with Gasteiger partial charge in [0.2, 0.25) is 0 Å². The van der Waals surface area contributed by atoms with Gasteiger partial charge in [-0.05, 0) is 31.2 Å². The number of aryl methyl sites for hydroxylation is 1. The summed E-state index contributed by atoms with van der Waals surface area (Å²) >= 11 is 1.21. The lowest BCUT2D eigenvalue weighted by Gasteiger charge is -2.07. The fraction of sp³-hybridized carbons (Fsp3) is 0.312. The minimum atomic E-state index is 0.0469. The number of nitrogens with zero attached hydrogens (tertiary/aromatic N) is 1. The van der Waals surface area contributed by atoms with Crippen LogP contribution in [0, 0.1) is 18.8 Å². The molecule has 1 N–H and O–H groups in total.